The SMILES string of the molecule is CCNC(c1cccc(C(F)(F)F)c1)c1sc(C)cc1Br. The van der Waals surface area contributed by atoms with E-state index in [0.29, 0.717) is 12.1 Å². The topological polar surface area (TPSA) is 12.0 Å². The molecule has 0 spiro atoms. The van der Waals surface area contributed by atoms with Crippen molar-refractivity contribution >= 4 is 27.3 Å². The summed E-state index contributed by atoms with van der Waals surface area (Å²) in [5.74, 6) is 0. The number of rotatable bonds is 4. The molecule has 1 heterocycles. The first-order chi connectivity index (χ1) is 9.82. The Balaban J connectivity index is 2.46. The van der Waals surface area contributed by atoms with Crippen molar-refractivity contribution in [1.29, 1.82) is 0 Å². The predicted molar refractivity (Wildman–Crippen MR) is 83.7 cm³/mol. The van der Waals surface area contributed by atoms with Gasteiger partial charge in [-0.1, -0.05) is 19.1 Å². The molecule has 21 heavy (non-hydrogen) atoms. The summed E-state index contributed by atoms with van der Waals surface area (Å²) in [5.41, 5.74) is 0.00142. The van der Waals surface area contributed by atoms with Crippen LogP contribution in [0, 0.1) is 6.92 Å². The van der Waals surface area contributed by atoms with Gasteiger partial charge in [0.05, 0.1) is 11.6 Å². The van der Waals surface area contributed by atoms with E-state index in [4.69, 9.17) is 0 Å². The Kier molecular flexibility index (Phi) is 5.11. The molecule has 0 aliphatic heterocycles. The lowest BCUT2D eigenvalue weighted by Gasteiger charge is -2.19. The highest BCUT2D eigenvalue weighted by Gasteiger charge is 2.31. The number of benzene rings is 1. The molecule has 1 aromatic carbocycles. The van der Waals surface area contributed by atoms with Gasteiger partial charge in [0.2, 0.25) is 0 Å². The van der Waals surface area contributed by atoms with Crippen LogP contribution in [0.5, 0.6) is 0 Å². The molecule has 0 fully saturated rings. The van der Waals surface area contributed by atoms with Crippen LogP contribution in [0.4, 0.5) is 13.2 Å². The smallest absolute Gasteiger partial charge is 0.306 e. The van der Waals surface area contributed by atoms with Gasteiger partial charge in [0.15, 0.2) is 0 Å². The summed E-state index contributed by atoms with van der Waals surface area (Å²) in [4.78, 5) is 2.11. The number of hydrogen-bond donors (Lipinski definition) is 1. The molecule has 1 atom stereocenters. The first kappa shape index (κ1) is 16.5. The molecule has 0 saturated carbocycles. The van der Waals surface area contributed by atoms with Crippen LogP contribution in [0.15, 0.2) is 34.8 Å². The van der Waals surface area contributed by atoms with Gasteiger partial charge in [0.25, 0.3) is 0 Å². The Labute approximate surface area is 134 Å². The summed E-state index contributed by atoms with van der Waals surface area (Å²) in [5, 5.41) is 3.26. The van der Waals surface area contributed by atoms with Gasteiger partial charge in [-0.15, -0.1) is 11.3 Å². The van der Waals surface area contributed by atoms with Crippen LogP contribution in [0.3, 0.4) is 0 Å². The third-order valence-corrected chi connectivity index (χ3v) is 5.09. The average molecular weight is 378 g/mol. The van der Waals surface area contributed by atoms with E-state index in [2.05, 4.69) is 21.2 Å². The maximum absolute atomic E-state index is 12.9. The fourth-order valence-electron chi connectivity index (χ4n) is 2.16. The van der Waals surface area contributed by atoms with Gasteiger partial charge < -0.3 is 5.32 Å². The van der Waals surface area contributed by atoms with Crippen LogP contribution >= 0.6 is 27.3 Å². The lowest BCUT2D eigenvalue weighted by molar-refractivity contribution is -0.137. The number of nitrogens with one attached hydrogen (secondary N) is 1. The maximum atomic E-state index is 12.9. The number of aryl methyl sites for hydroxylation is 1. The first-order valence-electron chi connectivity index (χ1n) is 6.49. The van der Waals surface area contributed by atoms with Crippen molar-refractivity contribution in [2.75, 3.05) is 6.54 Å². The first-order valence-corrected chi connectivity index (χ1v) is 8.10. The van der Waals surface area contributed by atoms with Gasteiger partial charge in [0, 0.05) is 14.2 Å². The van der Waals surface area contributed by atoms with Crippen LogP contribution in [0.2, 0.25) is 0 Å². The van der Waals surface area contributed by atoms with Gasteiger partial charge in [-0.25, -0.2) is 0 Å². The molecule has 0 amide bonds. The van der Waals surface area contributed by atoms with Gasteiger partial charge in [0.1, 0.15) is 0 Å². The Morgan fingerprint density at radius 2 is 2.00 bits per heavy atom. The summed E-state index contributed by atoms with van der Waals surface area (Å²) in [6.45, 7) is 4.59. The minimum Gasteiger partial charge on any atom is -0.306 e. The second kappa shape index (κ2) is 6.50. The Hall–Kier alpha value is -0.850. The molecule has 1 unspecified atom stereocenters. The normalized spacial score (nSPS) is 13.4. The van der Waals surface area contributed by atoms with Gasteiger partial charge in [-0.05, 0) is 53.2 Å². The minimum atomic E-state index is -4.32. The Bertz CT molecular complexity index is 622. The fourth-order valence-corrected chi connectivity index (χ4v) is 4.14. The summed E-state index contributed by atoms with van der Waals surface area (Å²) in [6.07, 6.45) is -4.32. The Morgan fingerprint density at radius 1 is 1.29 bits per heavy atom. The molecule has 0 radical (unpaired) electrons. The average Bonchev–Trinajstić information content (AvgIpc) is 2.74. The Morgan fingerprint density at radius 3 is 2.52 bits per heavy atom. The molecular weight excluding hydrogens is 363 g/mol. The molecule has 6 heteroatoms. The largest absolute Gasteiger partial charge is 0.416 e. The van der Waals surface area contributed by atoms with E-state index in [-0.39, 0.29) is 6.04 Å². The zero-order valence-corrected chi connectivity index (χ0v) is 14.0. The quantitative estimate of drug-likeness (QED) is 0.737. The van der Waals surface area contributed by atoms with Crippen molar-refractivity contribution in [3.8, 4) is 0 Å². The lowest BCUT2D eigenvalue weighted by Crippen LogP contribution is -2.22. The maximum Gasteiger partial charge on any atom is 0.416 e. The van der Waals surface area contributed by atoms with Crippen LogP contribution in [0.1, 0.15) is 33.8 Å². The fraction of sp³-hybridized carbons (Fsp3) is 0.333. The van der Waals surface area contributed by atoms with E-state index >= 15 is 0 Å². The van der Waals surface area contributed by atoms with E-state index in [0.717, 1.165) is 20.3 Å². The molecule has 0 bridgehead atoms. The van der Waals surface area contributed by atoms with Crippen LogP contribution in [-0.2, 0) is 6.18 Å². The lowest BCUT2D eigenvalue weighted by atomic mass is 10.0. The summed E-state index contributed by atoms with van der Waals surface area (Å²) < 4.78 is 39.6. The van der Waals surface area contributed by atoms with Crippen molar-refractivity contribution in [3.63, 3.8) is 0 Å². The third kappa shape index (κ3) is 3.87. The van der Waals surface area contributed by atoms with Crippen molar-refractivity contribution in [2.45, 2.75) is 26.1 Å². The number of alkyl halides is 3. The minimum absolute atomic E-state index is 0.245. The standard InChI is InChI=1S/C15H15BrF3NS/c1-3-20-13(14-12(16)7-9(2)21-14)10-5-4-6-11(8-10)15(17,18)19/h4-8,13,20H,3H2,1-2H3. The van der Waals surface area contributed by atoms with Crippen molar-refractivity contribution < 1.29 is 13.2 Å². The van der Waals surface area contributed by atoms with E-state index in [9.17, 15) is 13.2 Å². The number of halogens is 4. The molecule has 0 aliphatic rings. The van der Waals surface area contributed by atoms with Crippen LogP contribution in [-0.4, -0.2) is 6.54 Å². The van der Waals surface area contributed by atoms with Gasteiger partial charge >= 0.3 is 6.18 Å². The summed E-state index contributed by atoms with van der Waals surface area (Å²) >= 11 is 5.07. The molecule has 1 N–H and O–H groups in total. The molecule has 0 saturated heterocycles. The molecule has 1 nitrogen and oxygen atoms in total. The van der Waals surface area contributed by atoms with E-state index < -0.39 is 11.7 Å². The van der Waals surface area contributed by atoms with Gasteiger partial charge in [-0.2, -0.15) is 13.2 Å². The highest BCUT2D eigenvalue weighted by Crippen LogP contribution is 2.37. The van der Waals surface area contributed by atoms with Crippen molar-refractivity contribution in [2.24, 2.45) is 0 Å². The second-order valence-electron chi connectivity index (χ2n) is 4.68. The highest BCUT2D eigenvalue weighted by molar-refractivity contribution is 9.10. The van der Waals surface area contributed by atoms with Crippen LogP contribution < -0.4 is 5.32 Å². The van der Waals surface area contributed by atoms with E-state index in [1.807, 2.05) is 19.9 Å². The monoisotopic (exact) mass is 377 g/mol. The van der Waals surface area contributed by atoms with Crippen molar-refractivity contribution in [3.05, 3.63) is 55.7 Å². The van der Waals surface area contributed by atoms with Crippen LogP contribution in [0.25, 0.3) is 0 Å². The molecule has 2 rings (SSSR count). The van der Waals surface area contributed by atoms with E-state index in [1.165, 1.54) is 12.1 Å². The zero-order valence-electron chi connectivity index (χ0n) is 11.6. The molecule has 0 aliphatic carbocycles. The van der Waals surface area contributed by atoms with E-state index in [1.54, 1.807) is 17.4 Å². The summed E-state index contributed by atoms with van der Waals surface area (Å²) in [6, 6.07) is 7.24. The molecule has 1 aromatic heterocycles. The third-order valence-electron chi connectivity index (χ3n) is 3.05. The van der Waals surface area contributed by atoms with Crippen molar-refractivity contribution in [1.82, 2.24) is 5.32 Å². The molecule has 114 valence electrons. The molecular formula is C15H15BrF3NS. The number of thiophene rings is 1. The predicted octanol–water partition coefficient (Wildman–Crippen LogP) is 5.54. The zero-order chi connectivity index (χ0) is 15.6. The summed E-state index contributed by atoms with van der Waals surface area (Å²) in [7, 11) is 0. The second-order valence-corrected chi connectivity index (χ2v) is 6.83. The highest BCUT2D eigenvalue weighted by atomic mass is 79.9. The van der Waals surface area contributed by atoms with Gasteiger partial charge in [-0.3, -0.25) is 0 Å². The number of hydrogen-bond acceptors (Lipinski definition) is 2. The molecule has 2 aromatic rings.